The highest BCUT2D eigenvalue weighted by Gasteiger charge is 2.41. The molecule has 0 aliphatic carbocycles. The number of thiophene rings is 1. The van der Waals surface area contributed by atoms with Crippen LogP contribution in [0.2, 0.25) is 0 Å². The van der Waals surface area contributed by atoms with Crippen LogP contribution in [-0.2, 0) is 28.5 Å². The summed E-state index contributed by atoms with van der Waals surface area (Å²) in [6.45, 7) is 7.90. The van der Waals surface area contributed by atoms with Gasteiger partial charge in [-0.15, -0.1) is 11.3 Å². The first-order valence-corrected chi connectivity index (χ1v) is 16.9. The van der Waals surface area contributed by atoms with E-state index in [2.05, 4.69) is 11.6 Å². The van der Waals surface area contributed by atoms with Crippen LogP contribution in [0.4, 0.5) is 17.6 Å². The third kappa shape index (κ3) is 5.74. The van der Waals surface area contributed by atoms with Crippen LogP contribution < -0.4 is 4.74 Å². The van der Waals surface area contributed by atoms with E-state index < -0.39 is 24.1 Å². The average molecular weight is 707 g/mol. The van der Waals surface area contributed by atoms with Crippen molar-refractivity contribution >= 4 is 27.3 Å². The number of pyridine rings is 2. The van der Waals surface area contributed by atoms with E-state index in [0.29, 0.717) is 44.7 Å². The fourth-order valence-corrected chi connectivity index (χ4v) is 8.01. The lowest BCUT2D eigenvalue weighted by molar-refractivity contribution is -0.131. The Kier molecular flexibility index (Phi) is 8.73. The number of hydrogen-bond donors (Lipinski definition) is 0. The number of fused-ring (bicyclic) bond motifs is 3. The van der Waals surface area contributed by atoms with E-state index in [1.54, 1.807) is 22.7 Å². The molecule has 4 aromatic heterocycles. The molecule has 0 radical (unpaired) electrons. The summed E-state index contributed by atoms with van der Waals surface area (Å²) in [6.07, 6.45) is 2.67. The van der Waals surface area contributed by atoms with E-state index >= 15 is 4.39 Å². The van der Waals surface area contributed by atoms with Gasteiger partial charge >= 0.3 is 5.92 Å². The Morgan fingerprint density at radius 2 is 1.94 bits per heavy atom. The minimum Gasteiger partial charge on any atom is -0.490 e. The number of carbonyl (C=O) groups is 1. The maximum absolute atomic E-state index is 16.1. The van der Waals surface area contributed by atoms with Gasteiger partial charge in [-0.05, 0) is 56.1 Å². The molecule has 0 saturated carbocycles. The molecule has 0 fully saturated rings. The molecule has 2 atom stereocenters. The van der Waals surface area contributed by atoms with Crippen molar-refractivity contribution in [2.45, 2.75) is 44.9 Å². The first-order chi connectivity index (χ1) is 23.9. The molecule has 6 heterocycles. The lowest BCUT2D eigenvalue weighted by atomic mass is 9.95. The first-order valence-electron chi connectivity index (χ1n) is 16.0. The molecule has 2 aliphatic heterocycles. The molecular formula is C36H34F4N6O3S. The van der Waals surface area contributed by atoms with Gasteiger partial charge < -0.3 is 14.4 Å². The van der Waals surface area contributed by atoms with Crippen LogP contribution in [0.25, 0.3) is 43.9 Å². The molecule has 1 aromatic carbocycles. The Labute approximate surface area is 289 Å². The minimum absolute atomic E-state index is 0.00955. The highest BCUT2D eigenvalue weighted by molar-refractivity contribution is 7.18. The number of hydrogen-bond acceptors (Lipinski definition) is 8. The molecule has 260 valence electrons. The molecule has 14 heteroatoms. The summed E-state index contributed by atoms with van der Waals surface area (Å²) in [5.74, 6) is -5.06. The number of halogens is 4. The summed E-state index contributed by atoms with van der Waals surface area (Å²) in [5.41, 5.74) is 2.73. The van der Waals surface area contributed by atoms with Crippen molar-refractivity contribution in [3.8, 4) is 39.5 Å². The normalized spacial score (nSPS) is 18.6. The fraction of sp³-hybridized carbons (Fsp3) is 0.333. The summed E-state index contributed by atoms with van der Waals surface area (Å²) in [5, 5.41) is 7.36. The van der Waals surface area contributed by atoms with Gasteiger partial charge in [-0.2, -0.15) is 13.9 Å². The van der Waals surface area contributed by atoms with Crippen LogP contribution in [-0.4, -0.2) is 75.4 Å². The van der Waals surface area contributed by atoms with Crippen molar-refractivity contribution in [3.05, 3.63) is 83.1 Å². The summed E-state index contributed by atoms with van der Waals surface area (Å²) in [6, 6.07) is 6.64. The second-order valence-electron chi connectivity index (χ2n) is 12.7. The Morgan fingerprint density at radius 3 is 2.70 bits per heavy atom. The van der Waals surface area contributed by atoms with Crippen LogP contribution >= 0.6 is 11.3 Å². The minimum atomic E-state index is -3.12. The molecule has 0 saturated heterocycles. The maximum Gasteiger partial charge on any atom is 0.302 e. The molecule has 5 aromatic rings. The SMILES string of the molecule is C=CC(=O)N1C(C)Cn2nc(-c3nc(-c4cnc5c(c4)CN(C)CC5(F)F)c4ccsc4c3-c3c(F)cc(F)cc3OCCOC)cc2C1C. The summed E-state index contributed by atoms with van der Waals surface area (Å²) in [4.78, 5) is 25.4. The van der Waals surface area contributed by atoms with Crippen LogP contribution in [0.15, 0.2) is 54.6 Å². The topological polar surface area (TPSA) is 85.6 Å². The van der Waals surface area contributed by atoms with Crippen LogP contribution in [0, 0.1) is 11.6 Å². The molecule has 1 amide bonds. The lowest BCUT2D eigenvalue weighted by Gasteiger charge is -2.38. The van der Waals surface area contributed by atoms with Gasteiger partial charge in [0.05, 0.1) is 42.7 Å². The maximum atomic E-state index is 16.1. The van der Waals surface area contributed by atoms with E-state index in [0.717, 1.165) is 17.8 Å². The number of aromatic nitrogens is 4. The number of amides is 1. The summed E-state index contributed by atoms with van der Waals surface area (Å²) in [7, 11) is 3.12. The Hall–Kier alpha value is -4.66. The van der Waals surface area contributed by atoms with Crippen molar-refractivity contribution < 1.29 is 31.8 Å². The molecule has 0 bridgehead atoms. The van der Waals surface area contributed by atoms with Gasteiger partial charge in [-0.3, -0.25) is 19.4 Å². The van der Waals surface area contributed by atoms with Gasteiger partial charge in [-0.25, -0.2) is 13.8 Å². The van der Waals surface area contributed by atoms with E-state index in [1.807, 2.05) is 31.4 Å². The Morgan fingerprint density at radius 1 is 1.14 bits per heavy atom. The van der Waals surface area contributed by atoms with Crippen LogP contribution in [0.5, 0.6) is 5.75 Å². The van der Waals surface area contributed by atoms with Gasteiger partial charge in [0.1, 0.15) is 41.1 Å². The number of likely N-dealkylation sites (N-methyl/N-ethyl adjacent to an activating group) is 1. The molecule has 2 aliphatic rings. The van der Waals surface area contributed by atoms with Gasteiger partial charge in [0, 0.05) is 59.2 Å². The number of methoxy groups -OCH3 is 1. The van der Waals surface area contributed by atoms with Crippen molar-refractivity contribution in [2.24, 2.45) is 0 Å². The zero-order chi connectivity index (χ0) is 35.5. The number of rotatable bonds is 8. The van der Waals surface area contributed by atoms with E-state index in [4.69, 9.17) is 19.6 Å². The Balaban J connectivity index is 1.49. The second-order valence-corrected chi connectivity index (χ2v) is 13.6. The number of alkyl halides is 2. The first kappa shape index (κ1) is 33.8. The molecule has 7 rings (SSSR count). The van der Waals surface area contributed by atoms with Gasteiger partial charge in [-0.1, -0.05) is 6.58 Å². The smallest absolute Gasteiger partial charge is 0.302 e. The number of nitrogens with zero attached hydrogens (tertiary/aromatic N) is 6. The van der Waals surface area contributed by atoms with Gasteiger partial charge in [0.25, 0.3) is 0 Å². The van der Waals surface area contributed by atoms with Crippen molar-refractivity contribution in [2.75, 3.05) is 33.9 Å². The van der Waals surface area contributed by atoms with Crippen molar-refractivity contribution in [1.82, 2.24) is 29.5 Å². The van der Waals surface area contributed by atoms with E-state index in [1.165, 1.54) is 35.6 Å². The lowest BCUT2D eigenvalue weighted by Crippen LogP contribution is -2.46. The highest BCUT2D eigenvalue weighted by atomic mass is 32.1. The van der Waals surface area contributed by atoms with E-state index in [-0.39, 0.29) is 60.5 Å². The fourth-order valence-electron chi connectivity index (χ4n) is 7.06. The molecule has 0 N–H and O–H groups in total. The number of ether oxygens (including phenoxy) is 2. The summed E-state index contributed by atoms with van der Waals surface area (Å²) >= 11 is 1.32. The zero-order valence-corrected chi connectivity index (χ0v) is 28.7. The second kappa shape index (κ2) is 12.9. The van der Waals surface area contributed by atoms with Crippen LogP contribution in [0.3, 0.4) is 0 Å². The zero-order valence-electron chi connectivity index (χ0n) is 27.8. The van der Waals surface area contributed by atoms with Gasteiger partial charge in [0.15, 0.2) is 0 Å². The number of carbonyl (C=O) groups excluding carboxylic acids is 1. The van der Waals surface area contributed by atoms with Crippen molar-refractivity contribution in [1.29, 1.82) is 0 Å². The Bertz CT molecular complexity index is 2150. The van der Waals surface area contributed by atoms with Crippen molar-refractivity contribution in [3.63, 3.8) is 0 Å². The molecule has 2 unspecified atom stereocenters. The third-order valence-corrected chi connectivity index (χ3v) is 10.1. The standard InChI is InChI=1S/C36H34F4N6O3S/c1-6-29(47)46-19(2)16-45-27(20(46)3)14-26(43-45)33-31(30-25(38)12-23(37)13-28(30)49-9-8-48-5)34-24(7-10-50-34)32(42-33)21-11-22-17-44(4)18-36(39,40)35(22)41-15-21/h6-7,10-15,19-20H,1,8-9,16-18H2,2-5H3. The monoisotopic (exact) mass is 706 g/mol. The largest absolute Gasteiger partial charge is 0.490 e. The average Bonchev–Trinajstić information content (AvgIpc) is 3.72. The van der Waals surface area contributed by atoms with Gasteiger partial charge in [0.2, 0.25) is 5.91 Å². The molecule has 0 spiro atoms. The quantitative estimate of drug-likeness (QED) is 0.0959. The highest BCUT2D eigenvalue weighted by Crippen LogP contribution is 2.48. The van der Waals surface area contributed by atoms with Crippen LogP contribution in [0.1, 0.15) is 36.8 Å². The van der Waals surface area contributed by atoms with E-state index in [9.17, 15) is 18.0 Å². The number of benzene rings is 1. The molecular weight excluding hydrogens is 672 g/mol. The summed E-state index contributed by atoms with van der Waals surface area (Å²) < 4.78 is 74.2. The molecule has 50 heavy (non-hydrogen) atoms. The predicted molar refractivity (Wildman–Crippen MR) is 182 cm³/mol. The third-order valence-electron chi connectivity index (χ3n) is 9.16. The molecule has 9 nitrogen and oxygen atoms in total. The predicted octanol–water partition coefficient (Wildman–Crippen LogP) is 7.21.